The molecule has 0 aliphatic rings. The molecule has 0 bridgehead atoms. The van der Waals surface area contributed by atoms with E-state index in [1.807, 2.05) is 0 Å². The summed E-state index contributed by atoms with van der Waals surface area (Å²) in [5.74, 6) is 0. The molecule has 0 saturated heterocycles. The van der Waals surface area contributed by atoms with Gasteiger partial charge in [0, 0.05) is 7.11 Å². The van der Waals surface area contributed by atoms with E-state index in [0.717, 1.165) is 19.3 Å². The Bertz CT molecular complexity index is 1200. The average molecular weight is 567 g/mol. The first kappa shape index (κ1) is 38.6. The fraction of sp³-hybridized carbons (Fsp3) is 0.366. The molecular weight excluding hydrogens is 508 g/mol. The lowest BCUT2D eigenvalue weighted by Crippen LogP contribution is -2.20. The highest BCUT2D eigenvalue weighted by atomic mass is 16.5. The lowest BCUT2D eigenvalue weighted by atomic mass is 10.0. The summed E-state index contributed by atoms with van der Waals surface area (Å²) in [7, 11) is 1.75. The minimum Gasteiger partial charge on any atom is -0.378 e. The predicted octanol–water partition coefficient (Wildman–Crippen LogP) is 12.6. The Labute approximate surface area is 259 Å². The molecule has 0 heterocycles. The minimum atomic E-state index is -0.120. The zero-order chi connectivity index (χ0) is 31.8. The Balaban J connectivity index is 4.75. The van der Waals surface area contributed by atoms with Crippen molar-refractivity contribution in [3.8, 4) is 0 Å². The molecule has 228 valence electrons. The van der Waals surface area contributed by atoms with Crippen LogP contribution in [0, 0.1) is 0 Å². The lowest BCUT2D eigenvalue weighted by molar-refractivity contribution is 0.0255. The van der Waals surface area contributed by atoms with Crippen molar-refractivity contribution in [1.29, 1.82) is 0 Å². The molecule has 0 spiro atoms. The Kier molecular flexibility index (Phi) is 21.3. The number of ether oxygens (including phenoxy) is 1. The highest BCUT2D eigenvalue weighted by Gasteiger charge is 2.12. The zero-order valence-electron chi connectivity index (χ0n) is 28.5. The molecule has 0 N–H and O–H groups in total. The first-order valence-electron chi connectivity index (χ1n) is 15.1. The fourth-order valence-electron chi connectivity index (χ4n) is 3.40. The number of rotatable bonds is 17. The van der Waals surface area contributed by atoms with E-state index in [2.05, 4.69) is 185 Å². The molecule has 1 nitrogen and oxygen atoms in total. The van der Waals surface area contributed by atoms with Crippen LogP contribution in [0.1, 0.15) is 88.5 Å². The van der Waals surface area contributed by atoms with Crippen LogP contribution in [0.25, 0.3) is 0 Å². The van der Waals surface area contributed by atoms with Crippen LogP contribution in [-0.2, 0) is 4.74 Å². The molecule has 0 amide bonds. The quantitative estimate of drug-likeness (QED) is 0.126. The molecular formula is C41H58O. The second-order valence-electron chi connectivity index (χ2n) is 11.8. The highest BCUT2D eigenvalue weighted by molar-refractivity contribution is 5.33. The summed E-state index contributed by atoms with van der Waals surface area (Å²) in [6.45, 7) is 21.3. The Hall–Kier alpha value is -3.42. The maximum atomic E-state index is 5.45. The third kappa shape index (κ3) is 24.4. The third-order valence-corrected chi connectivity index (χ3v) is 6.36. The van der Waals surface area contributed by atoms with Gasteiger partial charge in [-0.2, -0.15) is 0 Å². The summed E-state index contributed by atoms with van der Waals surface area (Å²) in [5, 5.41) is 0. The molecule has 0 aromatic heterocycles. The van der Waals surface area contributed by atoms with Crippen LogP contribution in [0.4, 0.5) is 0 Å². The van der Waals surface area contributed by atoms with Crippen LogP contribution >= 0.6 is 0 Å². The summed E-state index contributed by atoms with van der Waals surface area (Å²) in [6, 6.07) is 0. The zero-order valence-corrected chi connectivity index (χ0v) is 28.5. The topological polar surface area (TPSA) is 9.23 Å². The van der Waals surface area contributed by atoms with E-state index < -0.39 is 0 Å². The van der Waals surface area contributed by atoms with E-state index in [4.69, 9.17) is 4.74 Å². The molecule has 1 heteroatoms. The Morgan fingerprint density at radius 3 is 1.31 bits per heavy atom. The van der Waals surface area contributed by atoms with Crippen molar-refractivity contribution in [2.75, 3.05) is 7.11 Å². The normalized spacial score (nSPS) is 15.7. The van der Waals surface area contributed by atoms with Gasteiger partial charge in [0.15, 0.2) is 0 Å². The van der Waals surface area contributed by atoms with Gasteiger partial charge in [0.25, 0.3) is 0 Å². The van der Waals surface area contributed by atoms with Gasteiger partial charge in [0.05, 0.1) is 5.60 Å². The first-order chi connectivity index (χ1) is 19.8. The van der Waals surface area contributed by atoms with Gasteiger partial charge in [-0.3, -0.25) is 0 Å². The maximum Gasteiger partial charge on any atom is 0.0657 e. The van der Waals surface area contributed by atoms with Crippen molar-refractivity contribution < 1.29 is 4.74 Å². The van der Waals surface area contributed by atoms with Crippen LogP contribution in [0.15, 0.2) is 154 Å². The molecule has 0 aromatic carbocycles. The summed E-state index contributed by atoms with van der Waals surface area (Å²) < 4.78 is 5.45. The lowest BCUT2D eigenvalue weighted by Gasteiger charge is -2.20. The van der Waals surface area contributed by atoms with Gasteiger partial charge in [-0.05, 0) is 88.5 Å². The summed E-state index contributed by atoms with van der Waals surface area (Å²) >= 11 is 0. The summed E-state index contributed by atoms with van der Waals surface area (Å²) in [6.07, 6.45) is 43.7. The third-order valence-electron chi connectivity index (χ3n) is 6.36. The van der Waals surface area contributed by atoms with Gasteiger partial charge < -0.3 is 4.74 Å². The predicted molar refractivity (Wildman–Crippen MR) is 192 cm³/mol. The molecule has 0 saturated carbocycles. The van der Waals surface area contributed by atoms with E-state index in [1.54, 1.807) is 7.11 Å². The molecule has 0 rings (SSSR count). The summed E-state index contributed by atoms with van der Waals surface area (Å²) in [4.78, 5) is 0. The van der Waals surface area contributed by atoms with Gasteiger partial charge in [0.2, 0.25) is 0 Å². The van der Waals surface area contributed by atoms with Crippen LogP contribution in [-0.4, -0.2) is 12.7 Å². The van der Waals surface area contributed by atoms with Crippen LogP contribution < -0.4 is 0 Å². The number of methoxy groups -OCH3 is 1. The van der Waals surface area contributed by atoms with Crippen molar-refractivity contribution in [3.63, 3.8) is 0 Å². The molecule has 0 atom stereocenters. The van der Waals surface area contributed by atoms with Crippen LogP contribution in [0.2, 0.25) is 0 Å². The number of hydrogen-bond donors (Lipinski definition) is 0. The van der Waals surface area contributed by atoms with Crippen molar-refractivity contribution in [3.05, 3.63) is 154 Å². The highest BCUT2D eigenvalue weighted by Crippen LogP contribution is 2.14. The molecule has 42 heavy (non-hydrogen) atoms. The van der Waals surface area contributed by atoms with Crippen molar-refractivity contribution in [2.45, 2.75) is 94.1 Å². The van der Waals surface area contributed by atoms with Crippen LogP contribution in [0.5, 0.6) is 0 Å². The Morgan fingerprint density at radius 2 is 0.905 bits per heavy atom. The number of hydrogen-bond acceptors (Lipinski definition) is 1. The SMILES string of the molecule is COC(C)(C)CC=C/C(C)=C/C=C/C(C)=C/C=C/C(C)=C/C=C/C=C(C)/C=C/C=C(C)/C=C/C=C(\C)CCC=C(C)C. The maximum absolute atomic E-state index is 5.45. The van der Waals surface area contributed by atoms with E-state index in [-0.39, 0.29) is 5.60 Å². The average Bonchev–Trinajstić information content (AvgIpc) is 2.91. The molecule has 0 fully saturated rings. The fourth-order valence-corrected chi connectivity index (χ4v) is 3.40. The number of allylic oxidation sites excluding steroid dienone is 25. The smallest absolute Gasteiger partial charge is 0.0657 e. The second-order valence-corrected chi connectivity index (χ2v) is 11.8. The Morgan fingerprint density at radius 1 is 0.524 bits per heavy atom. The van der Waals surface area contributed by atoms with E-state index in [0.29, 0.717) is 0 Å². The van der Waals surface area contributed by atoms with Crippen molar-refractivity contribution >= 4 is 0 Å². The van der Waals surface area contributed by atoms with Crippen molar-refractivity contribution in [2.24, 2.45) is 0 Å². The van der Waals surface area contributed by atoms with Crippen LogP contribution in [0.3, 0.4) is 0 Å². The van der Waals surface area contributed by atoms with Gasteiger partial charge in [-0.15, -0.1) is 0 Å². The van der Waals surface area contributed by atoms with Crippen molar-refractivity contribution in [1.82, 2.24) is 0 Å². The monoisotopic (exact) mass is 566 g/mol. The standard InChI is InChI=1S/C41H58O/c1-34(2)20-14-23-37(5)26-17-29-38(6)27-15-24-35(3)21-12-13-22-36(4)25-16-28-39(7)30-18-31-40(8)32-19-33-41(9,10)42-11/h12-13,15-22,24-32H,14,23,33H2,1-11H3/b13-12+,24-15+,25-16+,29-17+,30-18+,32-19?,35-21+,36-22+,37-26+,38-27+,39-28+,40-31+. The molecule has 0 unspecified atom stereocenters. The van der Waals surface area contributed by atoms with E-state index in [1.165, 1.54) is 39.0 Å². The summed E-state index contributed by atoms with van der Waals surface area (Å²) in [5.41, 5.74) is 8.73. The van der Waals surface area contributed by atoms with Gasteiger partial charge in [0.1, 0.15) is 0 Å². The molecule has 0 aliphatic heterocycles. The van der Waals surface area contributed by atoms with E-state index in [9.17, 15) is 0 Å². The second kappa shape index (κ2) is 23.2. The molecule has 0 radical (unpaired) electrons. The van der Waals surface area contributed by atoms with Gasteiger partial charge in [-0.25, -0.2) is 0 Å². The van der Waals surface area contributed by atoms with Gasteiger partial charge >= 0.3 is 0 Å². The largest absolute Gasteiger partial charge is 0.378 e. The minimum absolute atomic E-state index is 0.120. The molecule has 0 aromatic rings. The molecule has 0 aliphatic carbocycles. The first-order valence-corrected chi connectivity index (χ1v) is 15.1. The van der Waals surface area contributed by atoms with E-state index >= 15 is 0 Å². The van der Waals surface area contributed by atoms with Gasteiger partial charge in [-0.1, -0.05) is 154 Å².